The largest absolute Gasteiger partial charge is 0.497 e. The molecule has 0 aliphatic carbocycles. The standard InChI is InChI=1S/C15H15NO5S/c1-8-4-12(15(18)19)14(22-8)16-13(17)9-5-10(20-2)7-11(6-9)21-3/h4-7H,1-3H3,(H,16,17)(H,18,19). The molecule has 2 aromatic rings. The maximum atomic E-state index is 12.3. The molecule has 0 unspecified atom stereocenters. The van der Waals surface area contributed by atoms with Crippen molar-refractivity contribution in [3.8, 4) is 11.5 Å². The van der Waals surface area contributed by atoms with Crippen molar-refractivity contribution in [3.63, 3.8) is 0 Å². The second kappa shape index (κ2) is 6.48. The van der Waals surface area contributed by atoms with Gasteiger partial charge in [-0.05, 0) is 25.1 Å². The molecule has 0 radical (unpaired) electrons. The molecule has 2 rings (SSSR count). The van der Waals surface area contributed by atoms with Crippen molar-refractivity contribution in [1.29, 1.82) is 0 Å². The van der Waals surface area contributed by atoms with Crippen LogP contribution in [0.25, 0.3) is 0 Å². The molecule has 0 aliphatic rings. The molecule has 1 heterocycles. The third-order valence-electron chi connectivity index (χ3n) is 2.93. The Morgan fingerprint density at radius 2 is 1.68 bits per heavy atom. The van der Waals surface area contributed by atoms with Crippen molar-refractivity contribution in [2.45, 2.75) is 6.92 Å². The average Bonchev–Trinajstić information content (AvgIpc) is 2.87. The van der Waals surface area contributed by atoms with Gasteiger partial charge < -0.3 is 19.9 Å². The van der Waals surface area contributed by atoms with Gasteiger partial charge in [0.15, 0.2) is 0 Å². The Hall–Kier alpha value is -2.54. The van der Waals surface area contributed by atoms with Gasteiger partial charge in [-0.1, -0.05) is 0 Å². The van der Waals surface area contributed by atoms with E-state index in [4.69, 9.17) is 14.6 Å². The van der Waals surface area contributed by atoms with Gasteiger partial charge in [0.2, 0.25) is 0 Å². The average molecular weight is 321 g/mol. The Kier molecular flexibility index (Phi) is 4.67. The summed E-state index contributed by atoms with van der Waals surface area (Å²) in [6.45, 7) is 1.78. The molecule has 0 bridgehead atoms. The Morgan fingerprint density at radius 3 is 2.18 bits per heavy atom. The van der Waals surface area contributed by atoms with Crippen LogP contribution in [0.1, 0.15) is 25.6 Å². The number of hydrogen-bond acceptors (Lipinski definition) is 5. The van der Waals surface area contributed by atoms with Gasteiger partial charge in [-0.2, -0.15) is 0 Å². The van der Waals surface area contributed by atoms with Crippen LogP contribution < -0.4 is 14.8 Å². The summed E-state index contributed by atoms with van der Waals surface area (Å²) < 4.78 is 10.2. The number of anilines is 1. The monoisotopic (exact) mass is 321 g/mol. The summed E-state index contributed by atoms with van der Waals surface area (Å²) in [6, 6.07) is 6.28. The number of thiophene rings is 1. The minimum absolute atomic E-state index is 0.0747. The molecular weight excluding hydrogens is 306 g/mol. The van der Waals surface area contributed by atoms with Gasteiger partial charge in [-0.15, -0.1) is 11.3 Å². The zero-order valence-electron chi connectivity index (χ0n) is 12.3. The number of aryl methyl sites for hydroxylation is 1. The third-order valence-corrected chi connectivity index (χ3v) is 3.89. The first-order chi connectivity index (χ1) is 10.4. The molecule has 0 saturated carbocycles. The Morgan fingerprint density at radius 1 is 1.09 bits per heavy atom. The number of aromatic carboxylic acids is 1. The van der Waals surface area contributed by atoms with Crippen LogP contribution in [0.15, 0.2) is 24.3 Å². The van der Waals surface area contributed by atoms with E-state index in [1.54, 1.807) is 25.1 Å². The van der Waals surface area contributed by atoms with E-state index in [-0.39, 0.29) is 5.56 Å². The van der Waals surface area contributed by atoms with Crippen LogP contribution in [0.3, 0.4) is 0 Å². The number of benzene rings is 1. The summed E-state index contributed by atoms with van der Waals surface area (Å²) in [5, 5.41) is 12.1. The van der Waals surface area contributed by atoms with Gasteiger partial charge >= 0.3 is 5.97 Å². The lowest BCUT2D eigenvalue weighted by molar-refractivity contribution is 0.0698. The molecule has 0 spiro atoms. The zero-order valence-corrected chi connectivity index (χ0v) is 13.1. The summed E-state index contributed by atoms with van der Waals surface area (Å²) in [5.41, 5.74) is 0.393. The van der Waals surface area contributed by atoms with Crippen LogP contribution >= 0.6 is 11.3 Å². The van der Waals surface area contributed by atoms with Gasteiger partial charge in [-0.3, -0.25) is 4.79 Å². The molecule has 22 heavy (non-hydrogen) atoms. The fourth-order valence-corrected chi connectivity index (χ4v) is 2.78. The minimum Gasteiger partial charge on any atom is -0.497 e. The summed E-state index contributed by atoms with van der Waals surface area (Å²) >= 11 is 1.21. The maximum absolute atomic E-state index is 12.3. The fraction of sp³-hybridized carbons (Fsp3) is 0.200. The first-order valence-electron chi connectivity index (χ1n) is 6.32. The lowest BCUT2D eigenvalue weighted by Crippen LogP contribution is -2.13. The van der Waals surface area contributed by atoms with Crippen molar-refractivity contribution in [2.24, 2.45) is 0 Å². The highest BCUT2D eigenvalue weighted by Gasteiger charge is 2.17. The number of carbonyl (C=O) groups excluding carboxylic acids is 1. The number of methoxy groups -OCH3 is 2. The predicted octanol–water partition coefficient (Wildman–Crippen LogP) is 3.02. The molecule has 1 aromatic carbocycles. The van der Waals surface area contributed by atoms with Crippen molar-refractivity contribution in [3.05, 3.63) is 40.3 Å². The molecule has 0 aliphatic heterocycles. The quantitative estimate of drug-likeness (QED) is 0.884. The van der Waals surface area contributed by atoms with E-state index in [2.05, 4.69) is 5.32 Å². The Balaban J connectivity index is 2.31. The van der Waals surface area contributed by atoms with E-state index >= 15 is 0 Å². The van der Waals surface area contributed by atoms with Gasteiger partial charge in [0.25, 0.3) is 5.91 Å². The number of carboxylic acid groups (broad SMARTS) is 1. The molecule has 0 fully saturated rings. The summed E-state index contributed by atoms with van der Waals surface area (Å²) in [6.07, 6.45) is 0. The number of nitrogens with one attached hydrogen (secondary N) is 1. The molecule has 2 N–H and O–H groups in total. The molecule has 0 atom stereocenters. The van der Waals surface area contributed by atoms with Gasteiger partial charge in [0, 0.05) is 16.5 Å². The fourth-order valence-electron chi connectivity index (χ4n) is 1.88. The third kappa shape index (κ3) is 3.37. The Labute approximate surface area is 131 Å². The summed E-state index contributed by atoms with van der Waals surface area (Å²) in [4.78, 5) is 24.3. The topological polar surface area (TPSA) is 84.9 Å². The van der Waals surface area contributed by atoms with Gasteiger partial charge in [0.05, 0.1) is 19.8 Å². The molecule has 0 saturated heterocycles. The number of rotatable bonds is 5. The van der Waals surface area contributed by atoms with Crippen LogP contribution in [0.4, 0.5) is 5.00 Å². The van der Waals surface area contributed by atoms with Crippen molar-refractivity contribution >= 4 is 28.2 Å². The highest BCUT2D eigenvalue weighted by Crippen LogP contribution is 2.29. The van der Waals surface area contributed by atoms with E-state index in [1.165, 1.54) is 31.6 Å². The van der Waals surface area contributed by atoms with E-state index in [9.17, 15) is 9.59 Å². The first-order valence-corrected chi connectivity index (χ1v) is 7.14. The molecule has 6 nitrogen and oxygen atoms in total. The van der Waals surface area contributed by atoms with Gasteiger partial charge in [-0.25, -0.2) is 4.79 Å². The van der Waals surface area contributed by atoms with Crippen LogP contribution in [-0.4, -0.2) is 31.2 Å². The number of ether oxygens (including phenoxy) is 2. The first kappa shape index (κ1) is 15.8. The second-order valence-corrected chi connectivity index (χ2v) is 5.72. The van der Waals surface area contributed by atoms with E-state index < -0.39 is 11.9 Å². The van der Waals surface area contributed by atoms with Crippen molar-refractivity contribution in [1.82, 2.24) is 0 Å². The predicted molar refractivity (Wildman–Crippen MR) is 83.5 cm³/mol. The molecular formula is C15H15NO5S. The normalized spacial score (nSPS) is 10.1. The van der Waals surface area contributed by atoms with Crippen molar-refractivity contribution < 1.29 is 24.2 Å². The second-order valence-electron chi connectivity index (χ2n) is 4.46. The molecule has 116 valence electrons. The summed E-state index contributed by atoms with van der Waals surface area (Å²) in [5.74, 6) is -0.556. The lowest BCUT2D eigenvalue weighted by Gasteiger charge is -2.09. The lowest BCUT2D eigenvalue weighted by atomic mass is 10.2. The molecule has 1 amide bonds. The number of carboxylic acids is 1. The number of amides is 1. The van der Waals surface area contributed by atoms with E-state index in [0.29, 0.717) is 22.1 Å². The smallest absolute Gasteiger partial charge is 0.338 e. The number of carbonyl (C=O) groups is 2. The summed E-state index contributed by atoms with van der Waals surface area (Å²) in [7, 11) is 2.98. The number of hydrogen-bond donors (Lipinski definition) is 2. The molecule has 7 heteroatoms. The van der Waals surface area contributed by atoms with Crippen LogP contribution in [0.2, 0.25) is 0 Å². The minimum atomic E-state index is -1.08. The highest BCUT2D eigenvalue weighted by molar-refractivity contribution is 7.16. The van der Waals surface area contributed by atoms with E-state index in [1.807, 2.05) is 0 Å². The zero-order chi connectivity index (χ0) is 16.3. The van der Waals surface area contributed by atoms with Crippen LogP contribution in [-0.2, 0) is 0 Å². The maximum Gasteiger partial charge on any atom is 0.338 e. The van der Waals surface area contributed by atoms with Crippen LogP contribution in [0.5, 0.6) is 11.5 Å². The van der Waals surface area contributed by atoms with Crippen LogP contribution in [0, 0.1) is 6.92 Å². The SMILES string of the molecule is COc1cc(OC)cc(C(=O)Nc2sc(C)cc2C(=O)O)c1. The van der Waals surface area contributed by atoms with E-state index in [0.717, 1.165) is 4.88 Å². The van der Waals surface area contributed by atoms with Gasteiger partial charge in [0.1, 0.15) is 16.5 Å². The Bertz CT molecular complexity index is 700. The van der Waals surface area contributed by atoms with Crippen molar-refractivity contribution in [2.75, 3.05) is 19.5 Å². The molecule has 1 aromatic heterocycles. The highest BCUT2D eigenvalue weighted by atomic mass is 32.1.